The number of rotatable bonds is 6. The quantitative estimate of drug-likeness (QED) is 0.428. The van der Waals surface area contributed by atoms with Crippen molar-refractivity contribution in [1.82, 2.24) is 5.32 Å². The van der Waals surface area contributed by atoms with Gasteiger partial charge in [-0.3, -0.25) is 0 Å². The minimum absolute atomic E-state index is 0.0561. The third kappa shape index (κ3) is 4.89. The number of nitrogens with one attached hydrogen (secondary N) is 2. The highest BCUT2D eigenvalue weighted by Crippen LogP contribution is 2.39. The maximum Gasteiger partial charge on any atom is 0.319 e. The Balaban J connectivity index is 1.62. The molecule has 1 aliphatic rings. The average molecular weight is 459 g/mol. The summed E-state index contributed by atoms with van der Waals surface area (Å²) >= 11 is 0. The van der Waals surface area contributed by atoms with Gasteiger partial charge in [-0.2, -0.15) is 0 Å². The Bertz CT molecular complexity index is 1140. The van der Waals surface area contributed by atoms with E-state index in [9.17, 15) is 4.79 Å². The first-order chi connectivity index (χ1) is 16.4. The number of benzene rings is 3. The van der Waals surface area contributed by atoms with E-state index in [-0.39, 0.29) is 11.9 Å². The molecular formula is C29H34N2O3. The zero-order valence-electron chi connectivity index (χ0n) is 20.6. The molecule has 0 saturated carbocycles. The zero-order valence-corrected chi connectivity index (χ0v) is 20.6. The first-order valence-corrected chi connectivity index (χ1v) is 11.9. The van der Waals surface area contributed by atoms with Crippen LogP contribution in [0.25, 0.3) is 0 Å². The van der Waals surface area contributed by atoms with E-state index in [1.807, 2.05) is 30.3 Å². The summed E-state index contributed by atoms with van der Waals surface area (Å²) in [6.07, 6.45) is 0. The monoisotopic (exact) mass is 458 g/mol. The summed E-state index contributed by atoms with van der Waals surface area (Å²) in [6, 6.07) is 20.2. The molecule has 178 valence electrons. The van der Waals surface area contributed by atoms with Crippen molar-refractivity contribution in [2.24, 2.45) is 0 Å². The van der Waals surface area contributed by atoms with Crippen LogP contribution < -0.4 is 20.1 Å². The van der Waals surface area contributed by atoms with Gasteiger partial charge in [0.15, 0.2) is 0 Å². The standard InChI is InChI=1S/C29H34N2O3/c1-18(2)22-11-8-12-23(19(3)4)28(22)31-29(32)30-16-26-24-10-7-6-9-20(24)17-34-27-14-13-21(33-5)15-25(26)27/h6-15,18-19,26H,16-17H2,1-5H3,(H2,30,31,32). The summed E-state index contributed by atoms with van der Waals surface area (Å²) in [5.41, 5.74) is 6.48. The number of anilines is 1. The van der Waals surface area contributed by atoms with E-state index in [2.05, 4.69) is 68.7 Å². The van der Waals surface area contributed by atoms with Crippen molar-refractivity contribution >= 4 is 11.7 Å². The average Bonchev–Trinajstić information content (AvgIpc) is 2.98. The maximum atomic E-state index is 13.2. The molecule has 0 fully saturated rings. The molecular weight excluding hydrogens is 424 g/mol. The van der Waals surface area contributed by atoms with Crippen LogP contribution in [-0.4, -0.2) is 19.7 Å². The van der Waals surface area contributed by atoms with Crippen LogP contribution in [0.3, 0.4) is 0 Å². The van der Waals surface area contributed by atoms with Crippen molar-refractivity contribution in [3.63, 3.8) is 0 Å². The third-order valence-corrected chi connectivity index (χ3v) is 6.48. The molecule has 0 spiro atoms. The molecule has 1 atom stereocenters. The highest BCUT2D eigenvalue weighted by Gasteiger charge is 2.26. The molecule has 0 aromatic heterocycles. The van der Waals surface area contributed by atoms with Gasteiger partial charge in [0, 0.05) is 23.7 Å². The summed E-state index contributed by atoms with van der Waals surface area (Å²) in [7, 11) is 1.66. The Morgan fingerprint density at radius 3 is 2.35 bits per heavy atom. The largest absolute Gasteiger partial charge is 0.497 e. The number of fused-ring (bicyclic) bond motifs is 2. The summed E-state index contributed by atoms with van der Waals surface area (Å²) in [4.78, 5) is 13.2. The lowest BCUT2D eigenvalue weighted by Gasteiger charge is -2.23. The molecule has 3 aromatic carbocycles. The van der Waals surface area contributed by atoms with Crippen LogP contribution in [0.2, 0.25) is 0 Å². The topological polar surface area (TPSA) is 59.6 Å². The number of hydrogen-bond donors (Lipinski definition) is 2. The zero-order chi connectivity index (χ0) is 24.2. The number of methoxy groups -OCH3 is 1. The van der Waals surface area contributed by atoms with E-state index in [1.54, 1.807) is 7.11 Å². The van der Waals surface area contributed by atoms with Crippen LogP contribution in [0, 0.1) is 0 Å². The summed E-state index contributed by atoms with van der Waals surface area (Å²) < 4.78 is 11.6. The van der Waals surface area contributed by atoms with Gasteiger partial charge in [-0.15, -0.1) is 0 Å². The number of urea groups is 1. The Labute approximate surface area is 202 Å². The number of carbonyl (C=O) groups is 1. The van der Waals surface area contributed by atoms with E-state index in [0.29, 0.717) is 25.0 Å². The molecule has 1 aliphatic heterocycles. The fourth-order valence-corrected chi connectivity index (χ4v) is 4.65. The second-order valence-corrected chi connectivity index (χ2v) is 9.40. The van der Waals surface area contributed by atoms with Crippen molar-refractivity contribution < 1.29 is 14.3 Å². The molecule has 0 saturated heterocycles. The molecule has 2 N–H and O–H groups in total. The predicted molar refractivity (Wildman–Crippen MR) is 137 cm³/mol. The van der Waals surface area contributed by atoms with Gasteiger partial charge in [-0.05, 0) is 52.3 Å². The molecule has 5 nitrogen and oxygen atoms in total. The van der Waals surface area contributed by atoms with Crippen LogP contribution in [0.5, 0.6) is 11.5 Å². The fourth-order valence-electron chi connectivity index (χ4n) is 4.65. The van der Waals surface area contributed by atoms with Crippen LogP contribution in [0.4, 0.5) is 10.5 Å². The first kappa shape index (κ1) is 23.7. The highest BCUT2D eigenvalue weighted by atomic mass is 16.5. The van der Waals surface area contributed by atoms with Crippen LogP contribution in [0.1, 0.15) is 73.3 Å². The van der Waals surface area contributed by atoms with Crippen molar-refractivity contribution in [2.45, 2.75) is 52.1 Å². The molecule has 0 bridgehead atoms. The molecule has 5 heteroatoms. The SMILES string of the molecule is COc1ccc2c(c1)C(CNC(=O)Nc1c(C(C)C)cccc1C(C)C)c1ccccc1CO2. The van der Waals surface area contributed by atoms with E-state index in [4.69, 9.17) is 9.47 Å². The first-order valence-electron chi connectivity index (χ1n) is 11.9. The minimum Gasteiger partial charge on any atom is -0.497 e. The fraction of sp³-hybridized carbons (Fsp3) is 0.345. The Hall–Kier alpha value is -3.47. The van der Waals surface area contributed by atoms with E-state index >= 15 is 0 Å². The minimum atomic E-state index is -0.206. The van der Waals surface area contributed by atoms with Gasteiger partial charge >= 0.3 is 6.03 Å². The highest BCUT2D eigenvalue weighted by molar-refractivity contribution is 5.91. The molecule has 1 unspecified atom stereocenters. The van der Waals surface area contributed by atoms with Gasteiger partial charge in [0.05, 0.1) is 7.11 Å². The molecule has 2 amide bonds. The Morgan fingerprint density at radius 2 is 1.68 bits per heavy atom. The Morgan fingerprint density at radius 1 is 0.971 bits per heavy atom. The molecule has 4 rings (SSSR count). The predicted octanol–water partition coefficient (Wildman–Crippen LogP) is 6.79. The van der Waals surface area contributed by atoms with Crippen LogP contribution >= 0.6 is 0 Å². The molecule has 0 radical (unpaired) electrons. The van der Waals surface area contributed by atoms with Crippen molar-refractivity contribution in [2.75, 3.05) is 19.0 Å². The Kier molecular flexibility index (Phi) is 7.11. The number of amides is 2. The summed E-state index contributed by atoms with van der Waals surface area (Å²) in [5, 5.41) is 6.30. The van der Waals surface area contributed by atoms with Gasteiger partial charge in [0.25, 0.3) is 0 Å². The number of ether oxygens (including phenoxy) is 2. The molecule has 0 aliphatic carbocycles. The second-order valence-electron chi connectivity index (χ2n) is 9.40. The van der Waals surface area contributed by atoms with Crippen molar-refractivity contribution in [3.8, 4) is 11.5 Å². The van der Waals surface area contributed by atoms with Gasteiger partial charge in [0.1, 0.15) is 18.1 Å². The van der Waals surface area contributed by atoms with Crippen molar-refractivity contribution in [3.05, 3.63) is 88.5 Å². The molecule has 34 heavy (non-hydrogen) atoms. The lowest BCUT2D eigenvalue weighted by Crippen LogP contribution is -2.33. The molecule has 1 heterocycles. The van der Waals surface area contributed by atoms with E-state index in [0.717, 1.165) is 45.0 Å². The third-order valence-electron chi connectivity index (χ3n) is 6.48. The summed E-state index contributed by atoms with van der Waals surface area (Å²) in [6.45, 7) is 9.53. The van der Waals surface area contributed by atoms with Gasteiger partial charge in [0.2, 0.25) is 0 Å². The smallest absolute Gasteiger partial charge is 0.319 e. The van der Waals surface area contributed by atoms with E-state index < -0.39 is 0 Å². The lowest BCUT2D eigenvalue weighted by molar-refractivity contribution is 0.251. The van der Waals surface area contributed by atoms with Crippen LogP contribution in [-0.2, 0) is 6.61 Å². The van der Waals surface area contributed by atoms with Crippen molar-refractivity contribution in [1.29, 1.82) is 0 Å². The van der Waals surface area contributed by atoms with Gasteiger partial charge < -0.3 is 20.1 Å². The number of hydrogen-bond acceptors (Lipinski definition) is 3. The summed E-state index contributed by atoms with van der Waals surface area (Å²) in [5.74, 6) is 2.14. The number of para-hydroxylation sites is 1. The normalized spacial score (nSPS) is 14.6. The lowest BCUT2D eigenvalue weighted by atomic mass is 9.88. The molecule has 3 aromatic rings. The van der Waals surface area contributed by atoms with Gasteiger partial charge in [-0.1, -0.05) is 70.2 Å². The second kappa shape index (κ2) is 10.2. The number of carbonyl (C=O) groups excluding carboxylic acids is 1. The maximum absolute atomic E-state index is 13.2. The van der Waals surface area contributed by atoms with E-state index in [1.165, 1.54) is 0 Å². The van der Waals surface area contributed by atoms with Crippen LogP contribution in [0.15, 0.2) is 60.7 Å². The van der Waals surface area contributed by atoms with Gasteiger partial charge in [-0.25, -0.2) is 4.79 Å².